The number of hydrogen-bond donors (Lipinski definition) is 1. The molecule has 6 rings (SSSR count). The molecule has 1 saturated heterocycles. The molecule has 3 aliphatic rings. The third kappa shape index (κ3) is 4.09. The van der Waals surface area contributed by atoms with E-state index < -0.39 is 0 Å². The van der Waals surface area contributed by atoms with Gasteiger partial charge in [-0.3, -0.25) is 9.59 Å². The van der Waals surface area contributed by atoms with E-state index in [0.29, 0.717) is 54.6 Å². The van der Waals surface area contributed by atoms with E-state index in [2.05, 4.69) is 24.3 Å². The molecule has 2 amide bonds. The molecule has 1 N–H and O–H groups in total. The summed E-state index contributed by atoms with van der Waals surface area (Å²) in [5.74, 6) is 1.58. The SMILES string of the molecule is CC(C)n1ncc2c(C(=O)N3CCC(C(=O)Nc4ccc5c(c4)OCO5)CC3)cc(C3CC3)nc21. The van der Waals surface area contributed by atoms with Gasteiger partial charge in [-0.2, -0.15) is 5.10 Å². The lowest BCUT2D eigenvalue weighted by Gasteiger charge is -2.31. The van der Waals surface area contributed by atoms with E-state index in [1.165, 1.54) is 0 Å². The monoisotopic (exact) mass is 475 g/mol. The number of piperidine rings is 1. The maximum Gasteiger partial charge on any atom is 0.254 e. The largest absolute Gasteiger partial charge is 0.454 e. The minimum absolute atomic E-state index is 0.00256. The molecule has 9 heteroatoms. The molecular formula is C26H29N5O4. The van der Waals surface area contributed by atoms with Crippen molar-refractivity contribution >= 4 is 28.5 Å². The molecule has 1 aliphatic carbocycles. The second kappa shape index (κ2) is 8.55. The summed E-state index contributed by atoms with van der Waals surface area (Å²) in [6, 6.07) is 7.52. The fourth-order valence-corrected chi connectivity index (χ4v) is 4.91. The maximum atomic E-state index is 13.6. The zero-order valence-electron chi connectivity index (χ0n) is 20.0. The lowest BCUT2D eigenvalue weighted by atomic mass is 9.95. The predicted molar refractivity (Wildman–Crippen MR) is 130 cm³/mol. The quantitative estimate of drug-likeness (QED) is 0.596. The molecule has 0 bridgehead atoms. The Balaban J connectivity index is 1.15. The van der Waals surface area contributed by atoms with E-state index in [1.807, 2.05) is 21.7 Å². The van der Waals surface area contributed by atoms with Crippen molar-refractivity contribution in [2.75, 3.05) is 25.2 Å². The number of carbonyl (C=O) groups excluding carboxylic acids is 2. The summed E-state index contributed by atoms with van der Waals surface area (Å²) in [5, 5.41) is 8.30. The van der Waals surface area contributed by atoms with Crippen molar-refractivity contribution in [3.8, 4) is 11.5 Å². The zero-order valence-corrected chi connectivity index (χ0v) is 20.0. The molecule has 2 aliphatic heterocycles. The van der Waals surface area contributed by atoms with Gasteiger partial charge in [0.05, 0.1) is 17.1 Å². The average molecular weight is 476 g/mol. The number of nitrogens with one attached hydrogen (secondary N) is 1. The molecule has 2 aromatic heterocycles. The van der Waals surface area contributed by atoms with Crippen LogP contribution in [0.3, 0.4) is 0 Å². The van der Waals surface area contributed by atoms with Crippen molar-refractivity contribution in [3.63, 3.8) is 0 Å². The van der Waals surface area contributed by atoms with Gasteiger partial charge in [-0.25, -0.2) is 9.67 Å². The van der Waals surface area contributed by atoms with Crippen LogP contribution in [-0.2, 0) is 4.79 Å². The fraction of sp³-hybridized carbons (Fsp3) is 0.462. The lowest BCUT2D eigenvalue weighted by molar-refractivity contribution is -0.121. The molecular weight excluding hydrogens is 446 g/mol. The van der Waals surface area contributed by atoms with Crippen molar-refractivity contribution in [3.05, 3.63) is 41.7 Å². The van der Waals surface area contributed by atoms with Crippen LogP contribution >= 0.6 is 0 Å². The summed E-state index contributed by atoms with van der Waals surface area (Å²) < 4.78 is 12.6. The van der Waals surface area contributed by atoms with E-state index in [1.54, 1.807) is 18.3 Å². The van der Waals surface area contributed by atoms with Crippen LogP contribution < -0.4 is 14.8 Å². The normalized spacial score (nSPS) is 17.9. The van der Waals surface area contributed by atoms with Gasteiger partial charge in [-0.05, 0) is 57.7 Å². The van der Waals surface area contributed by atoms with Crippen molar-refractivity contribution in [1.82, 2.24) is 19.7 Å². The molecule has 4 heterocycles. The van der Waals surface area contributed by atoms with Crippen molar-refractivity contribution in [1.29, 1.82) is 0 Å². The van der Waals surface area contributed by atoms with Crippen LogP contribution in [0.1, 0.15) is 67.5 Å². The van der Waals surface area contributed by atoms with Crippen LogP contribution in [-0.4, -0.2) is 51.4 Å². The van der Waals surface area contributed by atoms with Gasteiger partial charge >= 0.3 is 0 Å². The highest BCUT2D eigenvalue weighted by molar-refractivity contribution is 6.05. The third-order valence-corrected chi connectivity index (χ3v) is 7.09. The number of carbonyl (C=O) groups is 2. The highest BCUT2D eigenvalue weighted by Gasteiger charge is 2.32. The summed E-state index contributed by atoms with van der Waals surface area (Å²) in [5.41, 5.74) is 3.13. The van der Waals surface area contributed by atoms with E-state index in [4.69, 9.17) is 14.5 Å². The first-order valence-electron chi connectivity index (χ1n) is 12.4. The molecule has 9 nitrogen and oxygen atoms in total. The Morgan fingerprint density at radius 2 is 1.83 bits per heavy atom. The van der Waals surface area contributed by atoms with Gasteiger partial charge in [0.25, 0.3) is 5.91 Å². The number of rotatable bonds is 5. The summed E-state index contributed by atoms with van der Waals surface area (Å²) in [7, 11) is 0. The molecule has 3 aromatic rings. The van der Waals surface area contributed by atoms with Gasteiger partial charge in [0.1, 0.15) is 0 Å². The number of likely N-dealkylation sites (tertiary alicyclic amines) is 1. The summed E-state index contributed by atoms with van der Waals surface area (Å²) in [4.78, 5) is 33.2. The van der Waals surface area contributed by atoms with Gasteiger partial charge in [-0.15, -0.1) is 0 Å². The van der Waals surface area contributed by atoms with Crippen LogP contribution in [0.5, 0.6) is 11.5 Å². The second-order valence-electron chi connectivity index (χ2n) is 9.91. The second-order valence-corrected chi connectivity index (χ2v) is 9.91. The summed E-state index contributed by atoms with van der Waals surface area (Å²) in [6.45, 7) is 5.42. The zero-order chi connectivity index (χ0) is 24.1. The van der Waals surface area contributed by atoms with Crippen LogP contribution in [0.15, 0.2) is 30.5 Å². The number of hydrogen-bond acceptors (Lipinski definition) is 6. The van der Waals surface area contributed by atoms with E-state index in [-0.39, 0.29) is 30.6 Å². The fourth-order valence-electron chi connectivity index (χ4n) is 4.91. The predicted octanol–water partition coefficient (Wildman–Crippen LogP) is 4.11. The Labute approximate surface area is 203 Å². The molecule has 182 valence electrons. The summed E-state index contributed by atoms with van der Waals surface area (Å²) >= 11 is 0. The van der Waals surface area contributed by atoms with Crippen LogP contribution in [0.4, 0.5) is 5.69 Å². The number of fused-ring (bicyclic) bond motifs is 2. The first kappa shape index (κ1) is 21.9. The molecule has 1 saturated carbocycles. The smallest absolute Gasteiger partial charge is 0.254 e. The van der Waals surface area contributed by atoms with Gasteiger partial charge in [0.15, 0.2) is 17.1 Å². The number of pyridine rings is 1. The Morgan fingerprint density at radius 1 is 1.06 bits per heavy atom. The van der Waals surface area contributed by atoms with Gasteiger partial charge in [0.2, 0.25) is 12.7 Å². The van der Waals surface area contributed by atoms with Gasteiger partial charge < -0.3 is 19.7 Å². The number of anilines is 1. The van der Waals surface area contributed by atoms with Crippen molar-refractivity contribution in [2.45, 2.75) is 51.5 Å². The molecule has 0 spiro atoms. The third-order valence-electron chi connectivity index (χ3n) is 7.09. The molecule has 0 atom stereocenters. The molecule has 0 unspecified atom stereocenters. The van der Waals surface area contributed by atoms with Gasteiger partial charge in [-0.1, -0.05) is 0 Å². The van der Waals surface area contributed by atoms with Crippen molar-refractivity contribution in [2.24, 2.45) is 5.92 Å². The Kier molecular flexibility index (Phi) is 5.35. The van der Waals surface area contributed by atoms with E-state index in [9.17, 15) is 9.59 Å². The Morgan fingerprint density at radius 3 is 2.57 bits per heavy atom. The van der Waals surface area contributed by atoms with E-state index in [0.717, 1.165) is 29.6 Å². The first-order valence-corrected chi connectivity index (χ1v) is 12.4. The minimum Gasteiger partial charge on any atom is -0.454 e. The number of aromatic nitrogens is 3. The lowest BCUT2D eigenvalue weighted by Crippen LogP contribution is -2.41. The van der Waals surface area contributed by atoms with Crippen LogP contribution in [0.25, 0.3) is 11.0 Å². The molecule has 0 radical (unpaired) electrons. The van der Waals surface area contributed by atoms with Gasteiger partial charge in [0, 0.05) is 48.4 Å². The molecule has 35 heavy (non-hydrogen) atoms. The van der Waals surface area contributed by atoms with Crippen LogP contribution in [0.2, 0.25) is 0 Å². The van der Waals surface area contributed by atoms with Crippen LogP contribution in [0, 0.1) is 5.92 Å². The van der Waals surface area contributed by atoms with E-state index >= 15 is 0 Å². The number of ether oxygens (including phenoxy) is 2. The molecule has 1 aromatic carbocycles. The van der Waals surface area contributed by atoms with Crippen molar-refractivity contribution < 1.29 is 19.1 Å². The maximum absolute atomic E-state index is 13.6. The topological polar surface area (TPSA) is 98.6 Å². The molecule has 2 fully saturated rings. The number of nitrogens with zero attached hydrogens (tertiary/aromatic N) is 4. The Hall–Kier alpha value is -3.62. The average Bonchev–Trinajstić information content (AvgIpc) is 3.45. The standard InChI is InChI=1S/C26H29N5O4/c1-15(2)31-24-20(13-27-31)19(12-21(29-24)16-3-4-16)26(33)30-9-7-17(8-10-30)25(32)28-18-5-6-22-23(11-18)35-14-34-22/h5-6,11-13,15-17H,3-4,7-10,14H2,1-2H3,(H,28,32). The highest BCUT2D eigenvalue weighted by Crippen LogP contribution is 2.40. The number of benzene rings is 1. The number of amides is 2. The summed E-state index contributed by atoms with van der Waals surface area (Å²) in [6.07, 6.45) is 5.24. The minimum atomic E-state index is -0.146. The first-order chi connectivity index (χ1) is 17.0. The highest BCUT2D eigenvalue weighted by atomic mass is 16.7. The Bertz CT molecular complexity index is 1300.